The summed E-state index contributed by atoms with van der Waals surface area (Å²) in [6, 6.07) is 9.30. The number of rotatable bonds is 25. The van der Waals surface area contributed by atoms with Crippen LogP contribution in [-0.4, -0.2) is 307 Å². The minimum absolute atomic E-state index is 0.0214. The molecule has 3 aliphatic heterocycles. The second kappa shape index (κ2) is 49.8. The molecule has 134 heavy (non-hydrogen) atoms. The topological polar surface area (TPSA) is 573 Å². The van der Waals surface area contributed by atoms with Crippen LogP contribution < -0.4 is 59.3 Å². The lowest BCUT2D eigenvalue weighted by atomic mass is 9.98. The number of carbonyl (C=O) groups excluding carboxylic acids is 15. The van der Waals surface area contributed by atoms with E-state index in [1.54, 1.807) is 98.0 Å². The van der Waals surface area contributed by atoms with Crippen LogP contribution in [0, 0.1) is 17.6 Å². The number of thioether (sulfide) groups is 1. The second-order valence-corrected chi connectivity index (χ2v) is 34.7. The molecule has 5 aromatic carbocycles. The van der Waals surface area contributed by atoms with Crippen LogP contribution in [0.5, 0.6) is 5.75 Å². The summed E-state index contributed by atoms with van der Waals surface area (Å²) in [7, 11) is 3.67. The van der Waals surface area contributed by atoms with Crippen LogP contribution in [0.15, 0.2) is 134 Å². The summed E-state index contributed by atoms with van der Waals surface area (Å²) >= 11 is 0.688. The summed E-state index contributed by atoms with van der Waals surface area (Å²) in [6.45, 7) is 2.20. The number of benzene rings is 5. The Balaban J connectivity index is 1.14. The number of aliphatic hydroxyl groups is 1. The number of hydrogen-bond acceptors (Lipinski definition) is 22. The van der Waals surface area contributed by atoms with Gasteiger partial charge in [-0.25, -0.2) is 8.78 Å². The highest BCUT2D eigenvalue weighted by molar-refractivity contribution is 8.00. The van der Waals surface area contributed by atoms with Gasteiger partial charge in [0.2, 0.25) is 88.6 Å². The van der Waals surface area contributed by atoms with Gasteiger partial charge in [0.15, 0.2) is 11.6 Å². The Kier molecular flexibility index (Phi) is 38.8. The lowest BCUT2D eigenvalue weighted by Gasteiger charge is -2.38. The van der Waals surface area contributed by atoms with Crippen molar-refractivity contribution in [2.24, 2.45) is 17.4 Å². The standard InChI is InChI=1S/C92H117F2N17O22S/c1-7-8-25-70-91(131)111-47-58(113)43-72(111)86(126)104-67(44-78(118)119)84(124)106-79(51(2)3)92(132)108(5)71(40-52-18-11-9-12-19-52)85(125)101-64(32-33-77(116)117)89(129)110-35-36-133-48-74(110)87(127)103-66(42-56-45-97-62-23-16-15-22-59(56)62)83(123)102-65(38-54-26-29-57(112)30-27-54)82(122)100-63(24-17-34-95)81(121)105-69(80(120)98-46-75(96)114)49-134-50-76(115)99-68(39-55-28-31-60(93)61(94)37-55)88(128)109(6)73(90(130)107(70)4)41-53-20-13-10-14-21-53/h9-16,18-23,26-31,37,45,51,58,63-74,79,97,112-113H,7-8,17,24-25,32-36,38-44,46-50,95H2,1-6H3,(H2,96,114)(H,98,120)(H,99,115)(H,100,122)(H,101,125)(H,102,123)(H,103,127)(H,104,126)(H,105,121)(H,106,124)(H,116,117)(H,118,119)/t58-,63-,64-,65-,66+,67-,68-,69-,70-,71-,72+,73-,74+,79-/m0/s1. The van der Waals surface area contributed by atoms with E-state index >= 15 is 47.5 Å². The van der Waals surface area contributed by atoms with E-state index in [-0.39, 0.29) is 76.0 Å². The number of aromatic amines is 1. The largest absolute Gasteiger partial charge is 0.508 e. The summed E-state index contributed by atoms with van der Waals surface area (Å²) in [5.41, 5.74) is 13.7. The fraction of sp³-hybridized carbons (Fsp3) is 0.467. The molecule has 722 valence electrons. The number of halogens is 2. The molecule has 6 aromatic rings. The van der Waals surface area contributed by atoms with Crippen molar-refractivity contribution in [1.82, 2.24) is 77.3 Å². The summed E-state index contributed by atoms with van der Waals surface area (Å²) in [5.74, 6) is -23.5. The maximum absolute atomic E-state index is 15.7. The number of carboxylic acid groups (broad SMARTS) is 2. The summed E-state index contributed by atoms with van der Waals surface area (Å²) < 4.78 is 35.6. The maximum atomic E-state index is 15.7. The van der Waals surface area contributed by atoms with Crippen LogP contribution in [0.4, 0.5) is 8.78 Å². The predicted molar refractivity (Wildman–Crippen MR) is 483 cm³/mol. The number of amides is 15. The highest BCUT2D eigenvalue weighted by atomic mass is 32.2. The molecule has 15 amide bonds. The summed E-state index contributed by atoms with van der Waals surface area (Å²) in [6.07, 6.45) is -4.52. The molecule has 0 saturated carbocycles. The number of para-hydroxylation sites is 1. The van der Waals surface area contributed by atoms with Gasteiger partial charge < -0.3 is 114 Å². The molecule has 18 N–H and O–H groups in total. The zero-order valence-electron chi connectivity index (χ0n) is 75.1. The van der Waals surface area contributed by atoms with Crippen molar-refractivity contribution in [3.8, 4) is 5.75 Å². The van der Waals surface area contributed by atoms with E-state index in [0.717, 1.165) is 42.7 Å². The number of morpholine rings is 1. The maximum Gasteiger partial charge on any atom is 0.305 e. The molecule has 3 saturated heterocycles. The normalized spacial score (nSPS) is 24.1. The first-order chi connectivity index (χ1) is 63.8. The van der Waals surface area contributed by atoms with Gasteiger partial charge in [0, 0.05) is 102 Å². The van der Waals surface area contributed by atoms with Gasteiger partial charge in [-0.3, -0.25) is 81.5 Å². The second-order valence-electron chi connectivity index (χ2n) is 33.7. The number of aromatic hydroxyl groups is 1. The molecule has 3 aliphatic rings. The fourth-order valence-corrected chi connectivity index (χ4v) is 16.9. The van der Waals surface area contributed by atoms with Gasteiger partial charge in [-0.15, -0.1) is 11.8 Å². The first-order valence-electron chi connectivity index (χ1n) is 44.1. The molecule has 4 heterocycles. The van der Waals surface area contributed by atoms with Gasteiger partial charge in [0.1, 0.15) is 84.3 Å². The quantitative estimate of drug-likeness (QED) is 0.0343. The molecule has 0 unspecified atom stereocenters. The average Bonchev–Trinajstić information content (AvgIpc) is 1.44. The van der Waals surface area contributed by atoms with E-state index in [4.69, 9.17) is 16.2 Å². The van der Waals surface area contributed by atoms with Crippen LogP contribution in [0.2, 0.25) is 0 Å². The molecular weight excluding hydrogens is 1770 g/mol. The van der Waals surface area contributed by atoms with Gasteiger partial charge in [0.25, 0.3) is 0 Å². The van der Waals surface area contributed by atoms with Gasteiger partial charge >= 0.3 is 11.9 Å². The Bertz CT molecular complexity index is 5200. The number of hydrogen-bond donors (Lipinski definition) is 16. The molecule has 39 nitrogen and oxygen atoms in total. The zero-order chi connectivity index (χ0) is 97.7. The van der Waals surface area contributed by atoms with Crippen LogP contribution in [0.25, 0.3) is 10.9 Å². The number of carbonyl (C=O) groups is 17. The van der Waals surface area contributed by atoms with Crippen molar-refractivity contribution < 1.29 is 115 Å². The van der Waals surface area contributed by atoms with E-state index in [9.17, 15) is 63.2 Å². The number of ether oxygens (including phenoxy) is 1. The SMILES string of the molecule is CCCC[C@H]1C(=O)N2C[C@@H](O)C[C@@H]2C(=O)N[C@@H](CC(=O)O)C(=O)N[C@@H](C(C)C)C(=O)N(C)[C@@H](Cc2ccccc2)C(=O)N[C@@H](CCC(=O)O)C(=O)N2CCOC[C@@H]2C(=O)N[C@H](Cc2c[nH]c3ccccc23)C(=O)N[C@@H](Cc2ccc(O)cc2)C(=O)N[C@@H](CCCN)C(=O)N[C@H](C(=O)NCC(N)=O)CSCC(=O)N[C@@H](Cc2ccc(F)c(F)c2)C(=O)N(C)[C@@H](Cc2ccccc2)C(=O)N1C. The Labute approximate surface area is 775 Å². The molecule has 0 radical (unpaired) electrons. The van der Waals surface area contributed by atoms with E-state index in [1.807, 2.05) is 0 Å². The molecule has 14 atom stereocenters. The van der Waals surface area contributed by atoms with Crippen molar-refractivity contribution in [3.63, 3.8) is 0 Å². The number of aromatic nitrogens is 1. The van der Waals surface area contributed by atoms with Crippen molar-refractivity contribution in [1.29, 1.82) is 0 Å². The Morgan fingerprint density at radius 3 is 1.75 bits per heavy atom. The van der Waals surface area contributed by atoms with E-state index in [0.29, 0.717) is 51.3 Å². The number of H-pyrrole nitrogens is 1. The molecule has 0 spiro atoms. The third-order valence-corrected chi connectivity index (χ3v) is 24.5. The number of nitrogens with zero attached hydrogens (tertiary/aromatic N) is 5. The third-order valence-electron chi connectivity index (χ3n) is 23.5. The third kappa shape index (κ3) is 29.3. The average molecular weight is 1880 g/mol. The molecule has 3 fully saturated rings. The molecular formula is C92H117F2N17O22S. The molecule has 1 aromatic heterocycles. The van der Waals surface area contributed by atoms with Crippen molar-refractivity contribution >= 4 is 123 Å². The van der Waals surface area contributed by atoms with Crippen molar-refractivity contribution in [3.05, 3.63) is 173 Å². The summed E-state index contributed by atoms with van der Waals surface area (Å²) in [5, 5.41) is 66.1. The molecule has 0 aliphatic carbocycles. The number of phenolic OH excluding ortho intramolecular Hbond substituents is 1. The van der Waals surface area contributed by atoms with Crippen LogP contribution in [0.3, 0.4) is 0 Å². The number of unbranched alkanes of at least 4 members (excludes halogenated alkanes) is 1. The lowest BCUT2D eigenvalue weighted by Crippen LogP contribution is -2.64. The number of likely N-dealkylation sites (N-methyl/N-ethyl adjacent to an activating group) is 3. The van der Waals surface area contributed by atoms with E-state index in [2.05, 4.69) is 52.8 Å². The lowest BCUT2D eigenvalue weighted by molar-refractivity contribution is -0.152. The number of primary amides is 1. The minimum Gasteiger partial charge on any atom is -0.508 e. The number of aliphatic hydroxyl groups excluding tert-OH is 1. The number of fused-ring (bicyclic) bond motifs is 3. The monoisotopic (exact) mass is 1880 g/mol. The highest BCUT2D eigenvalue weighted by Crippen LogP contribution is 2.28. The fourth-order valence-electron chi connectivity index (χ4n) is 16.1. The van der Waals surface area contributed by atoms with Gasteiger partial charge in [-0.2, -0.15) is 0 Å². The molecule has 42 heteroatoms. The van der Waals surface area contributed by atoms with Gasteiger partial charge in [0.05, 0.1) is 38.0 Å². The number of aliphatic carboxylic acids is 2. The Hall–Kier alpha value is -13.5. The van der Waals surface area contributed by atoms with Crippen LogP contribution >= 0.6 is 11.8 Å². The molecule has 0 bridgehead atoms. The smallest absolute Gasteiger partial charge is 0.305 e. The number of nitrogens with one attached hydrogen (secondary N) is 10. The Morgan fingerprint density at radius 1 is 0.545 bits per heavy atom. The first-order valence-corrected chi connectivity index (χ1v) is 45.2. The van der Waals surface area contributed by atoms with E-state index < -0.39 is 272 Å². The minimum atomic E-state index is -2.05. The van der Waals surface area contributed by atoms with Crippen molar-refractivity contribution in [2.45, 2.75) is 195 Å². The summed E-state index contributed by atoms with van der Waals surface area (Å²) in [4.78, 5) is 258. The van der Waals surface area contributed by atoms with Crippen molar-refractivity contribution in [2.75, 3.05) is 72.0 Å². The van der Waals surface area contributed by atoms with Gasteiger partial charge in [-0.05, 0) is 96.3 Å². The number of nitrogens with two attached hydrogens (primary N) is 2. The van der Waals surface area contributed by atoms with E-state index in [1.165, 1.54) is 59.3 Å². The number of phenols is 1. The Morgan fingerprint density at radius 2 is 1.11 bits per heavy atom. The van der Waals surface area contributed by atoms with Crippen LogP contribution in [-0.2, 0) is 118 Å². The first kappa shape index (κ1) is 104. The number of carboxylic acids is 2. The predicted octanol–water partition coefficient (Wildman–Crippen LogP) is -0.514. The van der Waals surface area contributed by atoms with Crippen LogP contribution in [0.1, 0.15) is 106 Å². The zero-order valence-corrected chi connectivity index (χ0v) is 75.9. The highest BCUT2D eigenvalue weighted by Gasteiger charge is 2.48. The molecule has 9 rings (SSSR count). The van der Waals surface area contributed by atoms with Gasteiger partial charge in [-0.1, -0.05) is 131 Å².